The Balaban J connectivity index is 2.93. The molecular weight excluding hydrogens is 190 g/mol. The summed E-state index contributed by atoms with van der Waals surface area (Å²) in [6.07, 6.45) is 2.09. The van der Waals surface area contributed by atoms with Crippen molar-refractivity contribution < 1.29 is 0 Å². The molecule has 0 bridgehead atoms. The van der Waals surface area contributed by atoms with Gasteiger partial charge in [-0.2, -0.15) is 16.9 Å². The predicted octanol–water partition coefficient (Wildman–Crippen LogP) is 2.17. The second kappa shape index (κ2) is 4.09. The molecule has 5 heteroatoms. The third kappa shape index (κ3) is 1.90. The highest BCUT2D eigenvalue weighted by Crippen LogP contribution is 2.13. The van der Waals surface area contributed by atoms with E-state index in [0.717, 1.165) is 11.6 Å². The van der Waals surface area contributed by atoms with Gasteiger partial charge in [0.25, 0.3) is 0 Å². The fraction of sp³-hybridized carbons (Fsp3) is 0.714. The molecule has 1 heterocycles. The molecule has 0 aromatic carbocycles. The van der Waals surface area contributed by atoms with E-state index in [1.807, 2.05) is 23.3 Å². The van der Waals surface area contributed by atoms with E-state index >= 15 is 0 Å². The van der Waals surface area contributed by atoms with E-state index in [1.165, 1.54) is 0 Å². The Morgan fingerprint density at radius 3 is 2.83 bits per heavy atom. The van der Waals surface area contributed by atoms with Gasteiger partial charge in [0.05, 0.1) is 0 Å². The minimum Gasteiger partial charge on any atom is -0.301 e. The number of nitrogens with one attached hydrogen (secondary N) is 1. The monoisotopic (exact) mass is 203 g/mol. The lowest BCUT2D eigenvalue weighted by molar-refractivity contribution is 0.584. The summed E-state index contributed by atoms with van der Waals surface area (Å²) in [6.45, 7) is 4.11. The first-order valence-corrected chi connectivity index (χ1v) is 5.59. The summed E-state index contributed by atoms with van der Waals surface area (Å²) in [5, 5.41) is 6.84. The van der Waals surface area contributed by atoms with Crippen LogP contribution in [0.3, 0.4) is 0 Å². The maximum absolute atomic E-state index is 5.10. The SMILES string of the molecule is CSCC(C)n1c(C)n[nH]c1=S. The normalized spacial score (nSPS) is 13.2. The Morgan fingerprint density at radius 2 is 2.42 bits per heavy atom. The molecular formula is C7H13N3S2. The van der Waals surface area contributed by atoms with Crippen molar-refractivity contribution in [1.29, 1.82) is 0 Å². The molecule has 0 aliphatic rings. The van der Waals surface area contributed by atoms with E-state index < -0.39 is 0 Å². The van der Waals surface area contributed by atoms with Gasteiger partial charge in [-0.15, -0.1) is 0 Å². The van der Waals surface area contributed by atoms with Crippen LogP contribution in [0.2, 0.25) is 0 Å². The summed E-state index contributed by atoms with van der Waals surface area (Å²) in [7, 11) is 0. The number of rotatable bonds is 3. The molecule has 0 aliphatic carbocycles. The fourth-order valence-corrected chi connectivity index (χ4v) is 2.21. The number of hydrogen-bond acceptors (Lipinski definition) is 3. The number of thioether (sulfide) groups is 1. The van der Waals surface area contributed by atoms with Crippen LogP contribution in [0, 0.1) is 11.7 Å². The van der Waals surface area contributed by atoms with Crippen LogP contribution in [-0.2, 0) is 0 Å². The van der Waals surface area contributed by atoms with Crippen LogP contribution in [0.15, 0.2) is 0 Å². The third-order valence-corrected chi connectivity index (χ3v) is 2.83. The van der Waals surface area contributed by atoms with E-state index in [0.29, 0.717) is 10.8 Å². The van der Waals surface area contributed by atoms with E-state index in [9.17, 15) is 0 Å². The van der Waals surface area contributed by atoms with Crippen LogP contribution in [0.25, 0.3) is 0 Å². The van der Waals surface area contributed by atoms with Crippen LogP contribution in [-0.4, -0.2) is 26.8 Å². The summed E-state index contributed by atoms with van der Waals surface area (Å²) < 4.78 is 2.76. The largest absolute Gasteiger partial charge is 0.301 e. The van der Waals surface area contributed by atoms with E-state index in [2.05, 4.69) is 23.4 Å². The Kier molecular flexibility index (Phi) is 3.34. The van der Waals surface area contributed by atoms with Gasteiger partial charge in [-0.25, -0.2) is 0 Å². The molecule has 0 fully saturated rings. The molecule has 1 rings (SSSR count). The zero-order valence-corrected chi connectivity index (χ0v) is 9.13. The number of nitrogens with zero attached hydrogens (tertiary/aromatic N) is 2. The second-order valence-corrected chi connectivity index (χ2v) is 4.05. The standard InChI is InChI=1S/C7H13N3S2/c1-5(4-12-3)10-6(2)8-9-7(10)11/h5H,4H2,1-3H3,(H,9,11). The molecule has 1 aromatic heterocycles. The molecule has 0 spiro atoms. The topological polar surface area (TPSA) is 33.6 Å². The van der Waals surface area contributed by atoms with E-state index in [-0.39, 0.29) is 0 Å². The van der Waals surface area contributed by atoms with Crippen LogP contribution < -0.4 is 0 Å². The molecule has 68 valence electrons. The summed E-state index contributed by atoms with van der Waals surface area (Å²) in [6, 6.07) is 0.422. The maximum Gasteiger partial charge on any atom is 0.195 e. The quantitative estimate of drug-likeness (QED) is 0.764. The zero-order chi connectivity index (χ0) is 9.14. The lowest BCUT2D eigenvalue weighted by Gasteiger charge is -2.11. The van der Waals surface area contributed by atoms with Crippen LogP contribution in [0.1, 0.15) is 18.8 Å². The van der Waals surface area contributed by atoms with Crippen molar-refractivity contribution in [1.82, 2.24) is 14.8 Å². The average molecular weight is 203 g/mol. The van der Waals surface area contributed by atoms with Gasteiger partial charge in [-0.05, 0) is 32.3 Å². The minimum atomic E-state index is 0.422. The second-order valence-electron chi connectivity index (χ2n) is 2.75. The van der Waals surface area contributed by atoms with Crippen molar-refractivity contribution in [2.24, 2.45) is 0 Å². The first kappa shape index (κ1) is 9.80. The number of hydrogen-bond donors (Lipinski definition) is 1. The molecule has 0 saturated heterocycles. The smallest absolute Gasteiger partial charge is 0.195 e. The van der Waals surface area contributed by atoms with Gasteiger partial charge in [0.2, 0.25) is 0 Å². The predicted molar refractivity (Wildman–Crippen MR) is 55.2 cm³/mol. The van der Waals surface area contributed by atoms with Crippen molar-refractivity contribution in [3.8, 4) is 0 Å². The van der Waals surface area contributed by atoms with Gasteiger partial charge >= 0.3 is 0 Å². The van der Waals surface area contributed by atoms with Gasteiger partial charge < -0.3 is 4.57 Å². The molecule has 1 N–H and O–H groups in total. The van der Waals surface area contributed by atoms with E-state index in [4.69, 9.17) is 12.2 Å². The highest BCUT2D eigenvalue weighted by molar-refractivity contribution is 7.98. The number of aromatic nitrogens is 3. The Hall–Kier alpha value is -0.290. The molecule has 1 aromatic rings. The van der Waals surface area contributed by atoms with Crippen LogP contribution in [0.4, 0.5) is 0 Å². The van der Waals surface area contributed by atoms with Gasteiger partial charge in [0.15, 0.2) is 4.77 Å². The minimum absolute atomic E-state index is 0.422. The fourth-order valence-electron chi connectivity index (χ4n) is 1.22. The Morgan fingerprint density at radius 1 is 1.75 bits per heavy atom. The van der Waals surface area contributed by atoms with Crippen molar-refractivity contribution in [2.75, 3.05) is 12.0 Å². The number of H-pyrrole nitrogens is 1. The zero-order valence-electron chi connectivity index (χ0n) is 7.50. The van der Waals surface area contributed by atoms with E-state index in [1.54, 1.807) is 0 Å². The molecule has 0 radical (unpaired) electrons. The lowest BCUT2D eigenvalue weighted by Crippen LogP contribution is -2.09. The van der Waals surface area contributed by atoms with Crippen molar-refractivity contribution in [3.05, 3.63) is 10.6 Å². The summed E-state index contributed by atoms with van der Waals surface area (Å²) >= 11 is 6.92. The summed E-state index contributed by atoms with van der Waals surface area (Å²) in [5.41, 5.74) is 0. The molecule has 0 amide bonds. The van der Waals surface area contributed by atoms with Gasteiger partial charge in [0, 0.05) is 11.8 Å². The molecule has 1 atom stereocenters. The molecule has 3 nitrogen and oxygen atoms in total. The third-order valence-electron chi connectivity index (χ3n) is 1.73. The van der Waals surface area contributed by atoms with Crippen LogP contribution >= 0.6 is 24.0 Å². The van der Waals surface area contributed by atoms with Crippen molar-refractivity contribution in [3.63, 3.8) is 0 Å². The van der Waals surface area contributed by atoms with Crippen molar-refractivity contribution >= 4 is 24.0 Å². The highest BCUT2D eigenvalue weighted by atomic mass is 32.2. The first-order chi connectivity index (χ1) is 5.66. The molecule has 0 saturated carbocycles. The lowest BCUT2D eigenvalue weighted by atomic mass is 10.4. The van der Waals surface area contributed by atoms with Crippen molar-refractivity contribution in [2.45, 2.75) is 19.9 Å². The molecule has 12 heavy (non-hydrogen) atoms. The van der Waals surface area contributed by atoms with Crippen LogP contribution in [0.5, 0.6) is 0 Å². The van der Waals surface area contributed by atoms with Gasteiger partial charge in [-0.1, -0.05) is 0 Å². The van der Waals surface area contributed by atoms with Gasteiger partial charge in [0.1, 0.15) is 5.82 Å². The first-order valence-electron chi connectivity index (χ1n) is 3.79. The van der Waals surface area contributed by atoms with Gasteiger partial charge in [-0.3, -0.25) is 5.10 Å². The highest BCUT2D eigenvalue weighted by Gasteiger charge is 2.08. The Bertz CT molecular complexity index is 302. The molecule has 1 unspecified atom stereocenters. The average Bonchev–Trinajstić information content (AvgIpc) is 2.32. The summed E-state index contributed by atoms with van der Waals surface area (Å²) in [5.74, 6) is 2.02. The number of aryl methyl sites for hydroxylation is 1. The summed E-state index contributed by atoms with van der Waals surface area (Å²) in [4.78, 5) is 0. The number of aromatic amines is 1. The Labute approximate surface area is 81.6 Å². The molecule has 0 aliphatic heterocycles. The maximum atomic E-state index is 5.10.